The van der Waals surface area contributed by atoms with Crippen molar-refractivity contribution in [2.24, 2.45) is 5.73 Å². The molecule has 0 bridgehead atoms. The van der Waals surface area contributed by atoms with Crippen molar-refractivity contribution in [3.63, 3.8) is 0 Å². The number of thioether (sulfide) groups is 1. The van der Waals surface area contributed by atoms with Crippen LogP contribution in [0.5, 0.6) is 0 Å². The molecule has 0 saturated carbocycles. The summed E-state index contributed by atoms with van der Waals surface area (Å²) in [5, 5.41) is 16.1. The predicted molar refractivity (Wildman–Crippen MR) is 64.8 cm³/mol. The van der Waals surface area contributed by atoms with E-state index in [1.54, 1.807) is 6.92 Å². The fourth-order valence-corrected chi connectivity index (χ4v) is 1.76. The van der Waals surface area contributed by atoms with Gasteiger partial charge in [-0.1, -0.05) is 11.8 Å². The lowest BCUT2D eigenvalue weighted by Crippen LogP contribution is -2.40. The first-order valence-electron chi connectivity index (χ1n) is 5.34. The van der Waals surface area contributed by atoms with Crippen molar-refractivity contribution in [1.82, 2.24) is 30.8 Å². The monoisotopic (exact) mass is 273 g/mol. The number of aromatic nitrogens is 4. The number of tetrazole rings is 1. The molecule has 3 amide bonds. The maximum absolute atomic E-state index is 11.4. The van der Waals surface area contributed by atoms with Gasteiger partial charge in [-0.2, -0.15) is 0 Å². The molecule has 0 fully saturated rings. The van der Waals surface area contributed by atoms with Crippen LogP contribution in [0.2, 0.25) is 0 Å². The van der Waals surface area contributed by atoms with Gasteiger partial charge < -0.3 is 11.1 Å². The van der Waals surface area contributed by atoms with E-state index >= 15 is 0 Å². The third-order valence-electron chi connectivity index (χ3n) is 1.76. The van der Waals surface area contributed by atoms with Crippen LogP contribution >= 0.6 is 11.8 Å². The van der Waals surface area contributed by atoms with E-state index in [0.717, 1.165) is 11.8 Å². The summed E-state index contributed by atoms with van der Waals surface area (Å²) < 4.78 is 1.50. The van der Waals surface area contributed by atoms with Gasteiger partial charge in [0.15, 0.2) is 0 Å². The molecule has 0 unspecified atom stereocenters. The lowest BCUT2D eigenvalue weighted by molar-refractivity contribution is -0.117. The molecule has 0 aliphatic rings. The Morgan fingerprint density at radius 3 is 2.94 bits per heavy atom. The summed E-state index contributed by atoms with van der Waals surface area (Å²) in [5.41, 5.74) is 5.39. The molecule has 0 radical (unpaired) electrons. The molecule has 9 nitrogen and oxygen atoms in total. The number of carbonyl (C=O) groups excluding carboxylic acids is 2. The average Bonchev–Trinajstić information content (AvgIpc) is 2.75. The Morgan fingerprint density at radius 2 is 2.28 bits per heavy atom. The molecule has 1 heterocycles. The quantitative estimate of drug-likeness (QED) is 0.542. The van der Waals surface area contributed by atoms with E-state index < -0.39 is 11.9 Å². The highest BCUT2D eigenvalue weighted by molar-refractivity contribution is 7.99. The Balaban J connectivity index is 2.37. The molecule has 0 spiro atoms. The van der Waals surface area contributed by atoms with E-state index in [0.29, 0.717) is 24.8 Å². The zero-order chi connectivity index (χ0) is 13.4. The van der Waals surface area contributed by atoms with Gasteiger partial charge in [0.25, 0.3) is 0 Å². The highest BCUT2D eigenvalue weighted by atomic mass is 32.2. The Labute approximate surface area is 108 Å². The number of nitrogens with zero attached hydrogens (tertiary/aromatic N) is 4. The minimum atomic E-state index is -0.510. The third kappa shape index (κ3) is 4.67. The largest absolute Gasteiger partial charge is 0.338 e. The Hall–Kier alpha value is -1.68. The molecule has 10 heteroatoms. The van der Waals surface area contributed by atoms with Gasteiger partial charge in [-0.05, 0) is 17.4 Å². The van der Waals surface area contributed by atoms with Crippen LogP contribution in [0.4, 0.5) is 4.79 Å². The average molecular weight is 273 g/mol. The van der Waals surface area contributed by atoms with Gasteiger partial charge in [0.05, 0.1) is 12.3 Å². The van der Waals surface area contributed by atoms with Crippen LogP contribution in [0.15, 0.2) is 5.16 Å². The second-order valence-corrected chi connectivity index (χ2v) is 4.11. The molecule has 0 saturated heterocycles. The Bertz CT molecular complexity index is 408. The highest BCUT2D eigenvalue weighted by Gasteiger charge is 2.11. The Kier molecular flexibility index (Phi) is 6.08. The minimum Gasteiger partial charge on any atom is -0.338 e. The van der Waals surface area contributed by atoms with Crippen molar-refractivity contribution < 1.29 is 9.59 Å². The number of nitrogens with one attached hydrogen (secondary N) is 2. The first-order chi connectivity index (χ1) is 8.67. The topological polar surface area (TPSA) is 128 Å². The number of imide groups is 1. The zero-order valence-electron chi connectivity index (χ0n) is 9.92. The van der Waals surface area contributed by atoms with Crippen LogP contribution in [0.3, 0.4) is 0 Å². The van der Waals surface area contributed by atoms with Crippen LogP contribution in [0.25, 0.3) is 0 Å². The fraction of sp³-hybridized carbons (Fsp3) is 0.625. The summed E-state index contributed by atoms with van der Waals surface area (Å²) in [6, 6.07) is -0.510. The number of amides is 3. The van der Waals surface area contributed by atoms with Gasteiger partial charge in [-0.15, -0.1) is 5.10 Å². The predicted octanol–water partition coefficient (Wildman–Crippen LogP) is -1.43. The van der Waals surface area contributed by atoms with Gasteiger partial charge in [-0.3, -0.25) is 10.1 Å². The standard InChI is InChI=1S/C8H15N7O2S/c1-2-10-7(17)11-6(16)5-18-8-12-13-14-15(8)4-3-9/h2-5,9H2,1H3,(H2,10,11,16,17). The summed E-state index contributed by atoms with van der Waals surface area (Å²) in [6.07, 6.45) is 0. The molecule has 18 heavy (non-hydrogen) atoms. The van der Waals surface area contributed by atoms with Crippen LogP contribution in [0.1, 0.15) is 6.92 Å². The summed E-state index contributed by atoms with van der Waals surface area (Å²) in [4.78, 5) is 22.5. The van der Waals surface area contributed by atoms with Crippen LogP contribution < -0.4 is 16.4 Å². The lowest BCUT2D eigenvalue weighted by Gasteiger charge is -2.04. The number of rotatable bonds is 6. The number of nitrogens with two attached hydrogens (primary N) is 1. The van der Waals surface area contributed by atoms with Crippen molar-refractivity contribution in [2.75, 3.05) is 18.8 Å². The molecule has 0 aromatic carbocycles. The van der Waals surface area contributed by atoms with E-state index in [2.05, 4.69) is 26.2 Å². The summed E-state index contributed by atoms with van der Waals surface area (Å²) in [7, 11) is 0. The van der Waals surface area contributed by atoms with Crippen LogP contribution in [-0.2, 0) is 11.3 Å². The van der Waals surface area contributed by atoms with Gasteiger partial charge in [0.2, 0.25) is 11.1 Å². The van der Waals surface area contributed by atoms with E-state index in [1.165, 1.54) is 4.68 Å². The molecule has 4 N–H and O–H groups in total. The maximum atomic E-state index is 11.4. The zero-order valence-corrected chi connectivity index (χ0v) is 10.7. The molecular formula is C8H15N7O2S. The van der Waals surface area contributed by atoms with Gasteiger partial charge >= 0.3 is 6.03 Å². The number of urea groups is 1. The van der Waals surface area contributed by atoms with Gasteiger partial charge in [-0.25, -0.2) is 9.48 Å². The summed E-state index contributed by atoms with van der Waals surface area (Å²) in [6.45, 7) is 3.11. The van der Waals surface area contributed by atoms with Crippen LogP contribution in [0, 0.1) is 0 Å². The fourth-order valence-electron chi connectivity index (χ4n) is 1.06. The molecule has 1 rings (SSSR count). The Morgan fingerprint density at radius 1 is 1.50 bits per heavy atom. The smallest absolute Gasteiger partial charge is 0.321 e. The van der Waals surface area contributed by atoms with E-state index in [9.17, 15) is 9.59 Å². The van der Waals surface area contributed by atoms with Gasteiger partial charge in [0.1, 0.15) is 0 Å². The molecule has 1 aromatic rings. The first-order valence-corrected chi connectivity index (χ1v) is 6.32. The second kappa shape index (κ2) is 7.61. The van der Waals surface area contributed by atoms with Crippen molar-refractivity contribution in [3.8, 4) is 0 Å². The van der Waals surface area contributed by atoms with Crippen molar-refractivity contribution in [1.29, 1.82) is 0 Å². The molecular weight excluding hydrogens is 258 g/mol. The highest BCUT2D eigenvalue weighted by Crippen LogP contribution is 2.12. The summed E-state index contributed by atoms with van der Waals surface area (Å²) in [5.74, 6) is -0.351. The third-order valence-corrected chi connectivity index (χ3v) is 2.72. The second-order valence-electron chi connectivity index (χ2n) is 3.17. The number of hydrogen-bond acceptors (Lipinski definition) is 7. The lowest BCUT2D eigenvalue weighted by atomic mass is 10.6. The summed E-state index contributed by atoms with van der Waals surface area (Å²) >= 11 is 1.14. The van der Waals surface area contributed by atoms with Crippen molar-refractivity contribution in [2.45, 2.75) is 18.6 Å². The molecule has 0 atom stereocenters. The molecule has 1 aromatic heterocycles. The van der Waals surface area contributed by atoms with Crippen molar-refractivity contribution in [3.05, 3.63) is 0 Å². The van der Waals surface area contributed by atoms with E-state index in [1.807, 2.05) is 0 Å². The number of hydrogen-bond donors (Lipinski definition) is 3. The van der Waals surface area contributed by atoms with E-state index in [4.69, 9.17) is 5.73 Å². The van der Waals surface area contributed by atoms with Gasteiger partial charge in [0, 0.05) is 13.1 Å². The minimum absolute atomic E-state index is 0.0576. The molecule has 0 aliphatic heterocycles. The molecule has 0 aliphatic carbocycles. The molecule has 100 valence electrons. The first kappa shape index (κ1) is 14.4. The van der Waals surface area contributed by atoms with Crippen LogP contribution in [-0.4, -0.2) is 51.0 Å². The number of carbonyl (C=O) groups is 2. The van der Waals surface area contributed by atoms with Crippen molar-refractivity contribution >= 4 is 23.7 Å². The normalized spacial score (nSPS) is 10.1. The SMILES string of the molecule is CCNC(=O)NC(=O)CSc1nnnn1CCN. The van der Waals surface area contributed by atoms with E-state index in [-0.39, 0.29) is 5.75 Å². The maximum Gasteiger partial charge on any atom is 0.321 e.